The molecule has 0 amide bonds. The second kappa shape index (κ2) is 7.92. The summed E-state index contributed by atoms with van der Waals surface area (Å²) in [6, 6.07) is 10.7. The van der Waals surface area contributed by atoms with Crippen LogP contribution in [0.3, 0.4) is 0 Å². The van der Waals surface area contributed by atoms with Gasteiger partial charge in [-0.05, 0) is 51.1 Å². The number of nitrogens with zero attached hydrogens (tertiary/aromatic N) is 1. The van der Waals surface area contributed by atoms with Gasteiger partial charge in [0, 0.05) is 31.8 Å². The molecule has 0 aromatic heterocycles. The monoisotopic (exact) mass is 290 g/mol. The first kappa shape index (κ1) is 16.5. The number of likely N-dealkylation sites (N-methyl/N-ethyl adjacent to an activating group) is 1. The number of benzene rings is 1. The van der Waals surface area contributed by atoms with Gasteiger partial charge in [-0.15, -0.1) is 0 Å². The minimum Gasteiger partial charge on any atom is -0.381 e. The first-order valence-electron chi connectivity index (χ1n) is 8.17. The zero-order valence-corrected chi connectivity index (χ0v) is 13.6. The van der Waals surface area contributed by atoms with E-state index in [1.165, 1.54) is 18.4 Å². The zero-order valence-electron chi connectivity index (χ0n) is 13.6. The van der Waals surface area contributed by atoms with Gasteiger partial charge in [0.05, 0.1) is 0 Å². The highest BCUT2D eigenvalue weighted by Gasteiger charge is 2.29. The molecule has 1 aromatic carbocycles. The molecular formula is C18H30N2O. The van der Waals surface area contributed by atoms with Gasteiger partial charge in [0.2, 0.25) is 0 Å². The summed E-state index contributed by atoms with van der Waals surface area (Å²) in [6.07, 6.45) is 4.56. The summed E-state index contributed by atoms with van der Waals surface area (Å²) in [5.74, 6) is 0.756. The van der Waals surface area contributed by atoms with Crippen molar-refractivity contribution in [3.63, 3.8) is 0 Å². The van der Waals surface area contributed by atoms with E-state index in [1.54, 1.807) is 0 Å². The third-order valence-electron chi connectivity index (χ3n) is 5.03. The molecule has 118 valence electrons. The maximum atomic E-state index is 6.11. The van der Waals surface area contributed by atoms with Gasteiger partial charge < -0.3 is 10.5 Å². The van der Waals surface area contributed by atoms with Crippen LogP contribution in [0.4, 0.5) is 0 Å². The Labute approximate surface area is 129 Å². The summed E-state index contributed by atoms with van der Waals surface area (Å²) >= 11 is 0. The second-order valence-electron chi connectivity index (χ2n) is 6.62. The molecule has 1 heterocycles. The van der Waals surface area contributed by atoms with Crippen LogP contribution in [0.2, 0.25) is 0 Å². The number of rotatable bonds is 7. The fourth-order valence-corrected chi connectivity index (χ4v) is 3.04. The van der Waals surface area contributed by atoms with Gasteiger partial charge in [-0.2, -0.15) is 0 Å². The largest absolute Gasteiger partial charge is 0.381 e. The normalized spacial score (nSPS) is 19.6. The number of hydrogen-bond donors (Lipinski definition) is 1. The van der Waals surface area contributed by atoms with Gasteiger partial charge in [0.25, 0.3) is 0 Å². The lowest BCUT2D eigenvalue weighted by atomic mass is 9.89. The first-order valence-corrected chi connectivity index (χ1v) is 8.17. The molecule has 0 radical (unpaired) electrons. The molecule has 21 heavy (non-hydrogen) atoms. The number of ether oxygens (including phenoxy) is 1. The third kappa shape index (κ3) is 4.80. The molecule has 1 aromatic rings. The van der Waals surface area contributed by atoms with Crippen LogP contribution in [-0.2, 0) is 11.2 Å². The molecule has 2 rings (SSSR count). The van der Waals surface area contributed by atoms with Crippen LogP contribution in [0.25, 0.3) is 0 Å². The molecule has 0 bridgehead atoms. The highest BCUT2D eigenvalue weighted by Crippen LogP contribution is 2.24. The molecule has 1 unspecified atom stereocenters. The highest BCUT2D eigenvalue weighted by molar-refractivity contribution is 5.15. The smallest absolute Gasteiger partial charge is 0.0469 e. The van der Waals surface area contributed by atoms with E-state index in [0.29, 0.717) is 6.54 Å². The Bertz CT molecular complexity index is 403. The standard InChI is InChI=1S/C18H30N2O/c1-18(15-19,11-8-16-6-4-3-5-7-16)20(2)14-17-9-12-21-13-10-17/h3-7,17H,8-15,19H2,1-2H3. The minimum absolute atomic E-state index is 0.0775. The Morgan fingerprint density at radius 3 is 2.52 bits per heavy atom. The van der Waals surface area contributed by atoms with E-state index < -0.39 is 0 Å². The molecule has 3 nitrogen and oxygen atoms in total. The van der Waals surface area contributed by atoms with E-state index in [4.69, 9.17) is 10.5 Å². The fraction of sp³-hybridized carbons (Fsp3) is 0.667. The second-order valence-corrected chi connectivity index (χ2v) is 6.62. The van der Waals surface area contributed by atoms with Crippen molar-refractivity contribution in [3.8, 4) is 0 Å². The third-order valence-corrected chi connectivity index (χ3v) is 5.03. The van der Waals surface area contributed by atoms with Crippen molar-refractivity contribution in [2.75, 3.05) is 33.4 Å². The number of aryl methyl sites for hydroxylation is 1. The summed E-state index contributed by atoms with van der Waals surface area (Å²) in [5.41, 5.74) is 7.59. The molecule has 2 N–H and O–H groups in total. The Morgan fingerprint density at radius 2 is 1.90 bits per heavy atom. The van der Waals surface area contributed by atoms with E-state index in [1.807, 2.05) is 0 Å². The molecule has 1 aliphatic heterocycles. The summed E-state index contributed by atoms with van der Waals surface area (Å²) in [5, 5.41) is 0. The summed E-state index contributed by atoms with van der Waals surface area (Å²) in [4.78, 5) is 2.48. The van der Waals surface area contributed by atoms with Gasteiger partial charge >= 0.3 is 0 Å². The van der Waals surface area contributed by atoms with Crippen LogP contribution in [0.15, 0.2) is 30.3 Å². The first-order chi connectivity index (χ1) is 10.1. The van der Waals surface area contributed by atoms with Crippen molar-refractivity contribution < 1.29 is 4.74 Å². The SMILES string of the molecule is CN(CC1CCOCC1)C(C)(CN)CCc1ccccc1. The van der Waals surface area contributed by atoms with Gasteiger partial charge in [-0.3, -0.25) is 4.90 Å². The zero-order chi connectivity index (χ0) is 15.1. The lowest BCUT2D eigenvalue weighted by Gasteiger charge is -2.41. The Kier molecular flexibility index (Phi) is 6.22. The molecule has 1 atom stereocenters. The molecule has 0 saturated carbocycles. The molecule has 1 aliphatic rings. The Balaban J connectivity index is 1.88. The van der Waals surface area contributed by atoms with Crippen LogP contribution in [0.5, 0.6) is 0 Å². The number of nitrogens with two attached hydrogens (primary N) is 1. The van der Waals surface area contributed by atoms with Gasteiger partial charge in [0.1, 0.15) is 0 Å². The molecule has 1 saturated heterocycles. The Hall–Kier alpha value is -0.900. The van der Waals surface area contributed by atoms with E-state index in [9.17, 15) is 0 Å². The fourth-order valence-electron chi connectivity index (χ4n) is 3.04. The molecule has 0 spiro atoms. The van der Waals surface area contributed by atoms with Crippen molar-refractivity contribution in [2.45, 2.75) is 38.1 Å². The lowest BCUT2D eigenvalue weighted by molar-refractivity contribution is 0.0361. The van der Waals surface area contributed by atoms with Crippen molar-refractivity contribution >= 4 is 0 Å². The molecule has 3 heteroatoms. The quantitative estimate of drug-likeness (QED) is 0.839. The molecule has 1 fully saturated rings. The van der Waals surface area contributed by atoms with Crippen molar-refractivity contribution in [3.05, 3.63) is 35.9 Å². The summed E-state index contributed by atoms with van der Waals surface area (Å²) in [6.45, 7) is 5.98. The van der Waals surface area contributed by atoms with Gasteiger partial charge in [0.15, 0.2) is 0 Å². The van der Waals surface area contributed by atoms with E-state index in [0.717, 1.165) is 38.5 Å². The van der Waals surface area contributed by atoms with Gasteiger partial charge in [-0.25, -0.2) is 0 Å². The predicted molar refractivity (Wildman–Crippen MR) is 88.4 cm³/mol. The lowest BCUT2D eigenvalue weighted by Crippen LogP contribution is -2.51. The van der Waals surface area contributed by atoms with E-state index in [2.05, 4.69) is 49.2 Å². The van der Waals surface area contributed by atoms with E-state index >= 15 is 0 Å². The maximum absolute atomic E-state index is 6.11. The highest BCUT2D eigenvalue weighted by atomic mass is 16.5. The minimum atomic E-state index is 0.0775. The maximum Gasteiger partial charge on any atom is 0.0469 e. The average molecular weight is 290 g/mol. The summed E-state index contributed by atoms with van der Waals surface area (Å²) < 4.78 is 5.46. The average Bonchev–Trinajstić information content (AvgIpc) is 2.54. The number of hydrogen-bond acceptors (Lipinski definition) is 3. The Morgan fingerprint density at radius 1 is 1.24 bits per heavy atom. The van der Waals surface area contributed by atoms with Gasteiger partial charge in [-0.1, -0.05) is 30.3 Å². The van der Waals surface area contributed by atoms with Crippen LogP contribution in [0, 0.1) is 5.92 Å². The van der Waals surface area contributed by atoms with Crippen LogP contribution < -0.4 is 5.73 Å². The molecule has 0 aliphatic carbocycles. The van der Waals surface area contributed by atoms with E-state index in [-0.39, 0.29) is 5.54 Å². The van der Waals surface area contributed by atoms with Crippen LogP contribution >= 0.6 is 0 Å². The predicted octanol–water partition coefficient (Wildman–Crippen LogP) is 2.70. The topological polar surface area (TPSA) is 38.5 Å². The van der Waals surface area contributed by atoms with Crippen LogP contribution in [0.1, 0.15) is 31.7 Å². The molecular weight excluding hydrogens is 260 g/mol. The van der Waals surface area contributed by atoms with Crippen LogP contribution in [-0.4, -0.2) is 43.8 Å². The summed E-state index contributed by atoms with van der Waals surface area (Å²) in [7, 11) is 2.23. The van der Waals surface area contributed by atoms with Crippen molar-refractivity contribution in [2.24, 2.45) is 11.7 Å². The van der Waals surface area contributed by atoms with Crippen molar-refractivity contribution in [1.29, 1.82) is 0 Å². The van der Waals surface area contributed by atoms with Crippen molar-refractivity contribution in [1.82, 2.24) is 4.90 Å².